The van der Waals surface area contributed by atoms with Crippen molar-refractivity contribution in [1.29, 1.82) is 0 Å². The van der Waals surface area contributed by atoms with Crippen LogP contribution >= 0.6 is 15.9 Å². The first-order chi connectivity index (χ1) is 7.35. The zero-order valence-electron chi connectivity index (χ0n) is 10.1. The van der Waals surface area contributed by atoms with Gasteiger partial charge in [0.25, 0.3) is 0 Å². The highest BCUT2D eigenvalue weighted by Crippen LogP contribution is 2.20. The highest BCUT2D eigenvalue weighted by molar-refractivity contribution is 9.08. The molecule has 0 saturated heterocycles. The largest absolute Gasteiger partial charge is 0.456 e. The SMILES string of the molecule is Cc1cccc(CBr)c1C(=O)OC(C)(C)C. The van der Waals surface area contributed by atoms with Crippen LogP contribution in [0.1, 0.15) is 42.3 Å². The lowest BCUT2D eigenvalue weighted by Gasteiger charge is -2.21. The minimum absolute atomic E-state index is 0.250. The van der Waals surface area contributed by atoms with Crippen LogP contribution in [0.4, 0.5) is 0 Å². The number of hydrogen-bond acceptors (Lipinski definition) is 2. The molecule has 0 aliphatic carbocycles. The summed E-state index contributed by atoms with van der Waals surface area (Å²) < 4.78 is 5.39. The van der Waals surface area contributed by atoms with Gasteiger partial charge in [0.1, 0.15) is 5.60 Å². The Kier molecular flexibility index (Phi) is 4.14. The van der Waals surface area contributed by atoms with Gasteiger partial charge in [0, 0.05) is 5.33 Å². The van der Waals surface area contributed by atoms with E-state index in [0.29, 0.717) is 10.9 Å². The molecular formula is C13H17BrO2. The number of ether oxygens (including phenoxy) is 1. The van der Waals surface area contributed by atoms with Crippen LogP contribution in [-0.2, 0) is 10.1 Å². The standard InChI is InChI=1S/C13H17BrO2/c1-9-6-5-7-10(8-14)11(9)12(15)16-13(2,3)4/h5-7H,8H2,1-4H3. The molecule has 2 nitrogen and oxygen atoms in total. The summed E-state index contributed by atoms with van der Waals surface area (Å²) in [4.78, 5) is 12.0. The Labute approximate surface area is 105 Å². The van der Waals surface area contributed by atoms with Gasteiger partial charge in [-0.3, -0.25) is 0 Å². The van der Waals surface area contributed by atoms with Crippen LogP contribution in [0.3, 0.4) is 0 Å². The Morgan fingerprint density at radius 3 is 2.50 bits per heavy atom. The summed E-state index contributed by atoms with van der Waals surface area (Å²) >= 11 is 3.38. The maximum atomic E-state index is 12.0. The predicted octanol–water partition coefficient (Wildman–Crippen LogP) is 3.85. The van der Waals surface area contributed by atoms with Crippen molar-refractivity contribution >= 4 is 21.9 Å². The molecule has 3 heteroatoms. The molecule has 1 aromatic rings. The van der Waals surface area contributed by atoms with Crippen molar-refractivity contribution in [3.63, 3.8) is 0 Å². The van der Waals surface area contributed by atoms with Gasteiger partial charge in [0.05, 0.1) is 5.56 Å². The first kappa shape index (κ1) is 13.2. The van der Waals surface area contributed by atoms with Crippen molar-refractivity contribution in [3.05, 3.63) is 34.9 Å². The zero-order valence-corrected chi connectivity index (χ0v) is 11.7. The van der Waals surface area contributed by atoms with Crippen LogP contribution < -0.4 is 0 Å². The molecule has 0 aliphatic heterocycles. The number of benzene rings is 1. The monoisotopic (exact) mass is 284 g/mol. The van der Waals surface area contributed by atoms with Gasteiger partial charge in [-0.05, 0) is 38.8 Å². The molecule has 0 aliphatic rings. The second kappa shape index (κ2) is 5.00. The smallest absolute Gasteiger partial charge is 0.339 e. The van der Waals surface area contributed by atoms with Gasteiger partial charge >= 0.3 is 5.97 Å². The fraction of sp³-hybridized carbons (Fsp3) is 0.462. The van der Waals surface area contributed by atoms with Gasteiger partial charge in [-0.25, -0.2) is 4.79 Å². The van der Waals surface area contributed by atoms with Crippen molar-refractivity contribution in [2.24, 2.45) is 0 Å². The molecule has 0 spiro atoms. The van der Waals surface area contributed by atoms with Crippen LogP contribution in [0, 0.1) is 6.92 Å². The Bertz CT molecular complexity index is 391. The van der Waals surface area contributed by atoms with Gasteiger partial charge < -0.3 is 4.74 Å². The van der Waals surface area contributed by atoms with Gasteiger partial charge in [0.2, 0.25) is 0 Å². The highest BCUT2D eigenvalue weighted by Gasteiger charge is 2.21. The van der Waals surface area contributed by atoms with Crippen LogP contribution in [0.25, 0.3) is 0 Å². The van der Waals surface area contributed by atoms with E-state index in [1.54, 1.807) is 0 Å². The van der Waals surface area contributed by atoms with Crippen molar-refractivity contribution < 1.29 is 9.53 Å². The van der Waals surface area contributed by atoms with E-state index in [1.807, 2.05) is 45.9 Å². The van der Waals surface area contributed by atoms with E-state index in [0.717, 1.165) is 11.1 Å². The van der Waals surface area contributed by atoms with Crippen molar-refractivity contribution in [2.45, 2.75) is 38.6 Å². The van der Waals surface area contributed by atoms with Gasteiger partial charge in [-0.2, -0.15) is 0 Å². The summed E-state index contributed by atoms with van der Waals surface area (Å²) in [6.07, 6.45) is 0. The Morgan fingerprint density at radius 1 is 1.38 bits per heavy atom. The summed E-state index contributed by atoms with van der Waals surface area (Å²) in [6.45, 7) is 7.54. The maximum Gasteiger partial charge on any atom is 0.339 e. The molecule has 0 fully saturated rings. The third-order valence-electron chi connectivity index (χ3n) is 2.11. The topological polar surface area (TPSA) is 26.3 Å². The number of carbonyl (C=O) groups is 1. The Balaban J connectivity index is 3.08. The molecule has 16 heavy (non-hydrogen) atoms. The van der Waals surface area contributed by atoms with Crippen LogP contribution in [0.15, 0.2) is 18.2 Å². The molecule has 0 radical (unpaired) electrons. The molecule has 88 valence electrons. The minimum atomic E-state index is -0.455. The molecule has 0 atom stereocenters. The summed E-state index contributed by atoms with van der Waals surface area (Å²) in [5, 5.41) is 0.656. The Hall–Kier alpha value is -0.830. The molecule has 1 rings (SSSR count). The van der Waals surface area contributed by atoms with E-state index < -0.39 is 5.60 Å². The van der Waals surface area contributed by atoms with Crippen molar-refractivity contribution in [1.82, 2.24) is 0 Å². The normalized spacial score (nSPS) is 11.3. The maximum absolute atomic E-state index is 12.0. The molecule has 1 aromatic carbocycles. The number of aryl methyl sites for hydroxylation is 1. The van der Waals surface area contributed by atoms with Gasteiger partial charge in [-0.15, -0.1) is 0 Å². The van der Waals surface area contributed by atoms with E-state index in [-0.39, 0.29) is 5.97 Å². The number of halogens is 1. The molecule has 0 amide bonds. The number of alkyl halides is 1. The molecule has 0 heterocycles. The lowest BCUT2D eigenvalue weighted by Crippen LogP contribution is -2.25. The highest BCUT2D eigenvalue weighted by atomic mass is 79.9. The molecule has 0 aromatic heterocycles. The first-order valence-corrected chi connectivity index (χ1v) is 6.35. The third-order valence-corrected chi connectivity index (χ3v) is 2.71. The van der Waals surface area contributed by atoms with Crippen molar-refractivity contribution in [3.8, 4) is 0 Å². The lowest BCUT2D eigenvalue weighted by molar-refractivity contribution is 0.00679. The molecule has 0 unspecified atom stereocenters. The lowest BCUT2D eigenvalue weighted by atomic mass is 10.0. The quantitative estimate of drug-likeness (QED) is 0.609. The second-order valence-corrected chi connectivity index (χ2v) is 5.31. The van der Waals surface area contributed by atoms with Gasteiger partial charge in [0.15, 0.2) is 0 Å². The fourth-order valence-corrected chi connectivity index (χ4v) is 1.93. The van der Waals surface area contributed by atoms with Crippen LogP contribution in [-0.4, -0.2) is 11.6 Å². The average Bonchev–Trinajstić information content (AvgIpc) is 2.14. The zero-order chi connectivity index (χ0) is 12.3. The molecule has 0 saturated carbocycles. The van der Waals surface area contributed by atoms with Crippen LogP contribution in [0.5, 0.6) is 0 Å². The van der Waals surface area contributed by atoms with E-state index >= 15 is 0 Å². The third kappa shape index (κ3) is 3.34. The molecule has 0 bridgehead atoms. The minimum Gasteiger partial charge on any atom is -0.456 e. The van der Waals surface area contributed by atoms with E-state index in [9.17, 15) is 4.79 Å². The average molecular weight is 285 g/mol. The number of rotatable bonds is 2. The summed E-state index contributed by atoms with van der Waals surface area (Å²) in [7, 11) is 0. The molecular weight excluding hydrogens is 268 g/mol. The number of hydrogen-bond donors (Lipinski definition) is 0. The predicted molar refractivity (Wildman–Crippen MR) is 69.0 cm³/mol. The summed E-state index contributed by atoms with van der Waals surface area (Å²) in [5.74, 6) is -0.250. The fourth-order valence-electron chi connectivity index (χ4n) is 1.46. The Morgan fingerprint density at radius 2 is 2.00 bits per heavy atom. The van der Waals surface area contributed by atoms with Crippen molar-refractivity contribution in [2.75, 3.05) is 0 Å². The van der Waals surface area contributed by atoms with E-state index in [4.69, 9.17) is 4.74 Å². The van der Waals surface area contributed by atoms with Gasteiger partial charge in [-0.1, -0.05) is 34.1 Å². The number of esters is 1. The van der Waals surface area contributed by atoms with E-state index in [1.165, 1.54) is 0 Å². The van der Waals surface area contributed by atoms with Crippen LogP contribution in [0.2, 0.25) is 0 Å². The first-order valence-electron chi connectivity index (χ1n) is 5.23. The molecule has 0 N–H and O–H groups in total. The summed E-state index contributed by atoms with van der Waals surface area (Å²) in [5.41, 5.74) is 2.14. The van der Waals surface area contributed by atoms with E-state index in [2.05, 4.69) is 15.9 Å². The number of carbonyl (C=O) groups excluding carboxylic acids is 1. The second-order valence-electron chi connectivity index (χ2n) is 4.74. The summed E-state index contributed by atoms with van der Waals surface area (Å²) in [6, 6.07) is 5.80.